The lowest BCUT2D eigenvalue weighted by Gasteiger charge is -2.36. The molecular formula is C24H28ClNO5. The molecular weight excluding hydrogens is 418 g/mol. The van der Waals surface area contributed by atoms with Crippen LogP contribution in [0.1, 0.15) is 43.5 Å². The van der Waals surface area contributed by atoms with E-state index in [9.17, 15) is 9.59 Å². The van der Waals surface area contributed by atoms with Gasteiger partial charge in [-0.1, -0.05) is 35.9 Å². The van der Waals surface area contributed by atoms with Crippen LogP contribution in [-0.2, 0) is 27.1 Å². The number of fused-ring (bicyclic) bond motifs is 1. The standard InChI is InChI=1S/C24H28ClNO5/c1-24(2,3)31-23(28)26-13-11-17-15-18(9-10-19(17)21(26)22(27)29-4)30-14-12-16-7-5-6-8-20(16)25/h5-10,15,21H,11-14H2,1-4H3/t21-/m1/s1. The van der Waals surface area contributed by atoms with E-state index < -0.39 is 23.7 Å². The highest BCUT2D eigenvalue weighted by Crippen LogP contribution is 2.34. The molecule has 0 spiro atoms. The Bertz CT molecular complexity index is 953. The molecule has 166 valence electrons. The summed E-state index contributed by atoms with van der Waals surface area (Å²) in [6.07, 6.45) is 0.742. The van der Waals surface area contributed by atoms with Gasteiger partial charge in [-0.15, -0.1) is 0 Å². The molecule has 1 atom stereocenters. The minimum absolute atomic E-state index is 0.352. The van der Waals surface area contributed by atoms with Crippen molar-refractivity contribution in [3.63, 3.8) is 0 Å². The smallest absolute Gasteiger partial charge is 0.411 e. The molecule has 0 bridgehead atoms. The predicted molar refractivity (Wildman–Crippen MR) is 118 cm³/mol. The third-order valence-corrected chi connectivity index (χ3v) is 5.36. The number of hydrogen-bond acceptors (Lipinski definition) is 5. The molecule has 0 fully saturated rings. The normalized spacial score (nSPS) is 15.8. The summed E-state index contributed by atoms with van der Waals surface area (Å²) >= 11 is 6.20. The first-order valence-electron chi connectivity index (χ1n) is 10.3. The van der Waals surface area contributed by atoms with Crippen LogP contribution in [0, 0.1) is 0 Å². The van der Waals surface area contributed by atoms with Crippen molar-refractivity contribution in [2.75, 3.05) is 20.3 Å². The van der Waals surface area contributed by atoms with E-state index >= 15 is 0 Å². The second kappa shape index (κ2) is 9.60. The fourth-order valence-electron chi connectivity index (χ4n) is 3.56. The van der Waals surface area contributed by atoms with Crippen molar-refractivity contribution in [2.45, 2.75) is 45.3 Å². The number of halogens is 1. The lowest BCUT2D eigenvalue weighted by Crippen LogP contribution is -2.46. The maximum atomic E-state index is 12.7. The first-order valence-corrected chi connectivity index (χ1v) is 10.6. The summed E-state index contributed by atoms with van der Waals surface area (Å²) in [4.78, 5) is 26.7. The summed E-state index contributed by atoms with van der Waals surface area (Å²) in [7, 11) is 1.32. The van der Waals surface area contributed by atoms with E-state index in [4.69, 9.17) is 25.8 Å². The molecule has 0 unspecified atom stereocenters. The molecule has 2 aromatic carbocycles. The molecule has 1 heterocycles. The molecule has 1 aliphatic heterocycles. The molecule has 2 aromatic rings. The SMILES string of the molecule is COC(=O)[C@H]1c2ccc(OCCc3ccccc3Cl)cc2CCN1C(=O)OC(C)(C)C. The number of carbonyl (C=O) groups excluding carboxylic acids is 2. The molecule has 6 nitrogen and oxygen atoms in total. The van der Waals surface area contributed by atoms with Crippen LogP contribution in [0.2, 0.25) is 5.02 Å². The highest BCUT2D eigenvalue weighted by atomic mass is 35.5. The van der Waals surface area contributed by atoms with Gasteiger partial charge >= 0.3 is 12.1 Å². The maximum absolute atomic E-state index is 12.7. The van der Waals surface area contributed by atoms with Crippen molar-refractivity contribution in [3.8, 4) is 5.75 Å². The Hall–Kier alpha value is -2.73. The third-order valence-electron chi connectivity index (χ3n) is 4.99. The number of hydrogen-bond donors (Lipinski definition) is 0. The Labute approximate surface area is 188 Å². The Morgan fingerprint density at radius 1 is 1.16 bits per heavy atom. The third kappa shape index (κ3) is 5.70. The fraction of sp³-hybridized carbons (Fsp3) is 0.417. The van der Waals surface area contributed by atoms with E-state index in [0.29, 0.717) is 31.7 Å². The number of esters is 1. The molecule has 0 N–H and O–H groups in total. The fourth-order valence-corrected chi connectivity index (χ4v) is 3.79. The van der Waals surface area contributed by atoms with Crippen LogP contribution in [0.3, 0.4) is 0 Å². The molecule has 3 rings (SSSR count). The van der Waals surface area contributed by atoms with Crippen molar-refractivity contribution >= 4 is 23.7 Å². The number of rotatable bonds is 5. The van der Waals surface area contributed by atoms with Gasteiger partial charge in [-0.05, 0) is 62.1 Å². The van der Waals surface area contributed by atoms with Gasteiger partial charge in [0.15, 0.2) is 6.04 Å². The van der Waals surface area contributed by atoms with Crippen LogP contribution in [0.25, 0.3) is 0 Å². The van der Waals surface area contributed by atoms with Gasteiger partial charge in [-0.3, -0.25) is 4.90 Å². The van der Waals surface area contributed by atoms with Gasteiger partial charge in [0.2, 0.25) is 0 Å². The summed E-state index contributed by atoms with van der Waals surface area (Å²) in [5.41, 5.74) is 2.05. The number of methoxy groups -OCH3 is 1. The maximum Gasteiger partial charge on any atom is 0.411 e. The van der Waals surface area contributed by atoms with Gasteiger partial charge in [-0.2, -0.15) is 0 Å². The number of carbonyl (C=O) groups is 2. The van der Waals surface area contributed by atoms with E-state index in [1.807, 2.05) is 36.4 Å². The average Bonchev–Trinajstić information content (AvgIpc) is 2.72. The summed E-state index contributed by atoms with van der Waals surface area (Å²) in [6.45, 7) is 6.21. The zero-order valence-electron chi connectivity index (χ0n) is 18.3. The zero-order chi connectivity index (χ0) is 22.6. The average molecular weight is 446 g/mol. The van der Waals surface area contributed by atoms with Crippen LogP contribution >= 0.6 is 11.6 Å². The summed E-state index contributed by atoms with van der Waals surface area (Å²) in [5.74, 6) is 0.208. The molecule has 7 heteroatoms. The van der Waals surface area contributed by atoms with E-state index in [1.54, 1.807) is 26.8 Å². The lowest BCUT2D eigenvalue weighted by molar-refractivity contribution is -0.147. The highest BCUT2D eigenvalue weighted by molar-refractivity contribution is 6.31. The van der Waals surface area contributed by atoms with E-state index in [2.05, 4.69) is 0 Å². The quantitative estimate of drug-likeness (QED) is 0.608. The van der Waals surface area contributed by atoms with Gasteiger partial charge in [0.1, 0.15) is 11.4 Å². The van der Waals surface area contributed by atoms with Crippen LogP contribution in [-0.4, -0.2) is 42.8 Å². The number of amides is 1. The molecule has 0 aliphatic carbocycles. The molecule has 31 heavy (non-hydrogen) atoms. The molecule has 0 saturated heterocycles. The second-order valence-electron chi connectivity index (χ2n) is 8.40. The Morgan fingerprint density at radius 2 is 1.90 bits per heavy atom. The van der Waals surface area contributed by atoms with Gasteiger partial charge < -0.3 is 14.2 Å². The second-order valence-corrected chi connectivity index (χ2v) is 8.81. The first-order chi connectivity index (χ1) is 14.7. The predicted octanol–water partition coefficient (Wildman–Crippen LogP) is 4.97. The minimum atomic E-state index is -0.847. The molecule has 1 amide bonds. The van der Waals surface area contributed by atoms with Crippen LogP contribution in [0.5, 0.6) is 5.75 Å². The van der Waals surface area contributed by atoms with Crippen LogP contribution < -0.4 is 4.74 Å². The summed E-state index contributed by atoms with van der Waals surface area (Å²) in [6, 6.07) is 12.4. The van der Waals surface area contributed by atoms with Gasteiger partial charge in [0.05, 0.1) is 13.7 Å². The van der Waals surface area contributed by atoms with Crippen molar-refractivity contribution in [3.05, 3.63) is 64.2 Å². The van der Waals surface area contributed by atoms with Gasteiger partial charge in [0.25, 0.3) is 0 Å². The first kappa shape index (κ1) is 22.9. The van der Waals surface area contributed by atoms with Crippen molar-refractivity contribution in [1.82, 2.24) is 4.90 Å². The van der Waals surface area contributed by atoms with E-state index in [-0.39, 0.29) is 0 Å². The number of benzene rings is 2. The van der Waals surface area contributed by atoms with E-state index in [1.165, 1.54) is 12.0 Å². The highest BCUT2D eigenvalue weighted by Gasteiger charge is 2.39. The van der Waals surface area contributed by atoms with Gasteiger partial charge in [0, 0.05) is 18.0 Å². The van der Waals surface area contributed by atoms with Gasteiger partial charge in [-0.25, -0.2) is 9.59 Å². The lowest BCUT2D eigenvalue weighted by atomic mass is 9.92. The molecule has 0 aromatic heterocycles. The minimum Gasteiger partial charge on any atom is -0.493 e. The summed E-state index contributed by atoms with van der Waals surface area (Å²) in [5, 5.41) is 0.722. The zero-order valence-corrected chi connectivity index (χ0v) is 19.1. The van der Waals surface area contributed by atoms with Crippen molar-refractivity contribution < 1.29 is 23.8 Å². The van der Waals surface area contributed by atoms with Crippen LogP contribution in [0.4, 0.5) is 4.79 Å². The topological polar surface area (TPSA) is 65.1 Å². The van der Waals surface area contributed by atoms with Crippen molar-refractivity contribution in [2.24, 2.45) is 0 Å². The molecule has 0 radical (unpaired) electrons. The largest absolute Gasteiger partial charge is 0.493 e. The van der Waals surface area contributed by atoms with Crippen LogP contribution in [0.15, 0.2) is 42.5 Å². The Morgan fingerprint density at radius 3 is 2.58 bits per heavy atom. The molecule has 1 aliphatic rings. The summed E-state index contributed by atoms with van der Waals surface area (Å²) < 4.78 is 16.4. The Kier molecular flexibility index (Phi) is 7.11. The van der Waals surface area contributed by atoms with E-state index in [0.717, 1.165) is 21.7 Å². The monoisotopic (exact) mass is 445 g/mol. The molecule has 0 saturated carbocycles. The number of nitrogens with zero attached hydrogens (tertiary/aromatic N) is 1. The number of ether oxygens (including phenoxy) is 3. The van der Waals surface area contributed by atoms with Crippen molar-refractivity contribution in [1.29, 1.82) is 0 Å². The Balaban J connectivity index is 1.75.